The highest BCUT2D eigenvalue weighted by Gasteiger charge is 2.30. The highest BCUT2D eigenvalue weighted by molar-refractivity contribution is 5.94. The molecule has 1 aliphatic rings. The van der Waals surface area contributed by atoms with Gasteiger partial charge in [-0.3, -0.25) is 0 Å². The number of halogens is 2. The summed E-state index contributed by atoms with van der Waals surface area (Å²) in [5.74, 6) is -2.82. The van der Waals surface area contributed by atoms with Gasteiger partial charge < -0.3 is 4.74 Å². The fourth-order valence-corrected chi connectivity index (χ4v) is 3.80. The van der Waals surface area contributed by atoms with Gasteiger partial charge in [0.2, 0.25) is 0 Å². The second-order valence-electron chi connectivity index (χ2n) is 7.37. The zero-order valence-corrected chi connectivity index (χ0v) is 16.5. The van der Waals surface area contributed by atoms with E-state index in [0.717, 1.165) is 30.4 Å². The minimum absolute atomic E-state index is 0.113. The lowest BCUT2D eigenvalue weighted by molar-refractivity contribution is 0.0724. The number of ether oxygens (including phenoxy) is 1. The summed E-state index contributed by atoms with van der Waals surface area (Å²) < 4.78 is 35.1. The summed E-state index contributed by atoms with van der Waals surface area (Å²) in [7, 11) is 0. The van der Waals surface area contributed by atoms with Gasteiger partial charge in [-0.1, -0.05) is 31.5 Å². The van der Waals surface area contributed by atoms with Gasteiger partial charge in [-0.2, -0.15) is 5.26 Å². The third-order valence-electron chi connectivity index (χ3n) is 5.36. The van der Waals surface area contributed by atoms with Crippen LogP contribution in [0.5, 0.6) is 5.75 Å². The Morgan fingerprint density at radius 3 is 2.57 bits per heavy atom. The van der Waals surface area contributed by atoms with Crippen LogP contribution in [0.2, 0.25) is 0 Å². The Kier molecular flexibility index (Phi) is 5.33. The first-order valence-electron chi connectivity index (χ1n) is 9.87. The van der Waals surface area contributed by atoms with Crippen molar-refractivity contribution >= 4 is 5.97 Å². The van der Waals surface area contributed by atoms with E-state index >= 15 is 4.39 Å². The van der Waals surface area contributed by atoms with Crippen LogP contribution in [0.1, 0.15) is 52.4 Å². The molecule has 0 radical (unpaired) electrons. The molecule has 0 aliphatic heterocycles. The summed E-state index contributed by atoms with van der Waals surface area (Å²) in [5.41, 5.74) is 3.40. The number of benzene rings is 3. The lowest BCUT2D eigenvalue weighted by Crippen LogP contribution is -2.14. The highest BCUT2D eigenvalue weighted by atomic mass is 19.1. The number of aryl methyl sites for hydroxylation is 1. The van der Waals surface area contributed by atoms with E-state index in [1.54, 1.807) is 0 Å². The molecule has 5 heteroatoms. The molecule has 3 nitrogen and oxygen atoms in total. The maximum Gasteiger partial charge on any atom is 0.349 e. The Labute approximate surface area is 173 Å². The molecule has 1 aliphatic carbocycles. The third-order valence-corrected chi connectivity index (χ3v) is 5.36. The van der Waals surface area contributed by atoms with E-state index in [1.807, 2.05) is 24.3 Å². The zero-order valence-electron chi connectivity index (χ0n) is 16.5. The van der Waals surface area contributed by atoms with Gasteiger partial charge in [0.1, 0.15) is 22.9 Å². The van der Waals surface area contributed by atoms with Crippen LogP contribution in [-0.4, -0.2) is 5.97 Å². The first-order valence-corrected chi connectivity index (χ1v) is 9.87. The maximum absolute atomic E-state index is 15.2. The lowest BCUT2D eigenvalue weighted by atomic mass is 10.00. The van der Waals surface area contributed by atoms with Gasteiger partial charge in [0.15, 0.2) is 0 Å². The summed E-state index contributed by atoms with van der Waals surface area (Å²) in [6, 6.07) is 14.8. The first-order chi connectivity index (χ1) is 14.5. The van der Waals surface area contributed by atoms with Crippen molar-refractivity contribution in [3.05, 3.63) is 88.0 Å². The molecular weight excluding hydrogens is 384 g/mol. The highest BCUT2D eigenvalue weighted by Crippen LogP contribution is 2.40. The second-order valence-corrected chi connectivity index (χ2v) is 7.37. The molecule has 0 unspecified atom stereocenters. The van der Waals surface area contributed by atoms with Crippen molar-refractivity contribution in [2.45, 2.75) is 32.6 Å². The van der Waals surface area contributed by atoms with Gasteiger partial charge >= 0.3 is 5.97 Å². The topological polar surface area (TPSA) is 50.1 Å². The molecule has 0 fully saturated rings. The predicted molar refractivity (Wildman–Crippen MR) is 109 cm³/mol. The van der Waals surface area contributed by atoms with Gasteiger partial charge in [0, 0.05) is 12.0 Å². The van der Waals surface area contributed by atoms with Crippen LogP contribution in [0.15, 0.2) is 48.5 Å². The van der Waals surface area contributed by atoms with Crippen LogP contribution in [0.25, 0.3) is 11.1 Å². The van der Waals surface area contributed by atoms with Crippen molar-refractivity contribution in [1.29, 1.82) is 5.26 Å². The molecule has 0 atom stereocenters. The molecule has 0 heterocycles. The van der Waals surface area contributed by atoms with Gasteiger partial charge in [0.25, 0.3) is 0 Å². The van der Waals surface area contributed by atoms with Crippen LogP contribution in [0.4, 0.5) is 8.78 Å². The van der Waals surface area contributed by atoms with E-state index in [1.165, 1.54) is 35.9 Å². The maximum atomic E-state index is 15.2. The summed E-state index contributed by atoms with van der Waals surface area (Å²) >= 11 is 0. The molecule has 0 bridgehead atoms. The SMILES string of the molecule is CCCCc1ccc2c(c1)Cc1c-2cc(F)c(C(=O)Oc2ccc(C#N)cc2)c1F. The van der Waals surface area contributed by atoms with Gasteiger partial charge in [-0.05, 0) is 65.4 Å². The minimum Gasteiger partial charge on any atom is -0.423 e. The number of esters is 1. The van der Waals surface area contributed by atoms with Crippen molar-refractivity contribution in [2.24, 2.45) is 0 Å². The van der Waals surface area contributed by atoms with E-state index < -0.39 is 23.2 Å². The molecule has 150 valence electrons. The fourth-order valence-electron chi connectivity index (χ4n) is 3.80. The van der Waals surface area contributed by atoms with Gasteiger partial charge in [-0.25, -0.2) is 13.6 Å². The molecule has 3 aromatic rings. The monoisotopic (exact) mass is 403 g/mol. The number of nitriles is 1. The Balaban J connectivity index is 1.64. The summed E-state index contributed by atoms with van der Waals surface area (Å²) in [5, 5.41) is 8.83. The number of unbranched alkanes of at least 4 members (excludes halogenated alkanes) is 1. The molecule has 3 aromatic carbocycles. The zero-order chi connectivity index (χ0) is 21.3. The van der Waals surface area contributed by atoms with Crippen molar-refractivity contribution < 1.29 is 18.3 Å². The fraction of sp³-hybridized carbons (Fsp3) is 0.200. The summed E-state index contributed by atoms with van der Waals surface area (Å²) in [6.45, 7) is 2.12. The Morgan fingerprint density at radius 2 is 1.87 bits per heavy atom. The number of hydrogen-bond donors (Lipinski definition) is 0. The number of hydrogen-bond acceptors (Lipinski definition) is 3. The van der Waals surface area contributed by atoms with Crippen LogP contribution in [0, 0.1) is 23.0 Å². The van der Waals surface area contributed by atoms with E-state index in [4.69, 9.17) is 10.00 Å². The van der Waals surface area contributed by atoms with Crippen molar-refractivity contribution in [3.63, 3.8) is 0 Å². The average molecular weight is 403 g/mol. The number of fused-ring (bicyclic) bond motifs is 3. The normalized spacial score (nSPS) is 11.5. The van der Waals surface area contributed by atoms with Crippen LogP contribution in [-0.2, 0) is 12.8 Å². The van der Waals surface area contributed by atoms with E-state index in [2.05, 4.69) is 6.92 Å². The van der Waals surface area contributed by atoms with E-state index in [0.29, 0.717) is 23.1 Å². The Morgan fingerprint density at radius 1 is 1.10 bits per heavy atom. The van der Waals surface area contributed by atoms with Crippen LogP contribution < -0.4 is 4.74 Å². The molecule has 4 rings (SSSR count). The molecule has 0 amide bonds. The molecular formula is C25H19F2NO2. The molecule has 0 saturated carbocycles. The van der Waals surface area contributed by atoms with E-state index in [9.17, 15) is 9.18 Å². The number of nitrogens with zero attached hydrogens (tertiary/aromatic N) is 1. The smallest absolute Gasteiger partial charge is 0.349 e. The Hall–Kier alpha value is -3.52. The molecule has 0 N–H and O–H groups in total. The average Bonchev–Trinajstić information content (AvgIpc) is 3.11. The molecule has 0 spiro atoms. The lowest BCUT2D eigenvalue weighted by Gasteiger charge is -2.10. The van der Waals surface area contributed by atoms with Crippen molar-refractivity contribution in [3.8, 4) is 22.9 Å². The molecule has 0 saturated heterocycles. The summed E-state index contributed by atoms with van der Waals surface area (Å²) in [4.78, 5) is 12.5. The van der Waals surface area contributed by atoms with E-state index in [-0.39, 0.29) is 5.75 Å². The predicted octanol–water partition coefficient (Wildman–Crippen LogP) is 5.97. The first kappa shape index (κ1) is 19.8. The Bertz CT molecular complexity index is 1180. The van der Waals surface area contributed by atoms with Crippen LogP contribution >= 0.6 is 0 Å². The van der Waals surface area contributed by atoms with Crippen LogP contribution in [0.3, 0.4) is 0 Å². The second kappa shape index (κ2) is 8.08. The van der Waals surface area contributed by atoms with Gasteiger partial charge in [0.05, 0.1) is 11.6 Å². The third kappa shape index (κ3) is 3.57. The largest absolute Gasteiger partial charge is 0.423 e. The molecule has 0 aromatic heterocycles. The number of carbonyl (C=O) groups is 1. The van der Waals surface area contributed by atoms with Crippen molar-refractivity contribution in [2.75, 3.05) is 0 Å². The van der Waals surface area contributed by atoms with Crippen molar-refractivity contribution in [1.82, 2.24) is 0 Å². The summed E-state index contributed by atoms with van der Waals surface area (Å²) in [6.07, 6.45) is 3.41. The minimum atomic E-state index is -1.10. The number of rotatable bonds is 5. The standard InChI is InChI=1S/C25H19F2NO2/c1-2-3-4-15-7-10-19-17(11-15)12-21-20(19)13-22(26)23(24(21)27)25(29)30-18-8-5-16(14-28)6-9-18/h5-11,13H,2-4,12H2,1H3. The quantitative estimate of drug-likeness (QED) is 0.305. The molecule has 30 heavy (non-hydrogen) atoms. The van der Waals surface area contributed by atoms with Gasteiger partial charge in [-0.15, -0.1) is 0 Å². The number of carbonyl (C=O) groups excluding carboxylic acids is 1.